The standard InChI is InChI=1S/C18H24ClN3O2/c1-10(2)8-15(23)20-16(11(3)4)18-21-17(22-24-18)13-7-6-12(5)14(19)9-13/h6-7,9-11,16H,8H2,1-5H3,(H,20,23). The van der Waals surface area contributed by atoms with Gasteiger partial charge in [-0.05, 0) is 30.4 Å². The van der Waals surface area contributed by atoms with Crippen LogP contribution in [0.4, 0.5) is 0 Å². The Morgan fingerprint density at radius 2 is 2.00 bits per heavy atom. The molecule has 0 spiro atoms. The van der Waals surface area contributed by atoms with Crippen LogP contribution < -0.4 is 5.32 Å². The van der Waals surface area contributed by atoms with Crippen molar-refractivity contribution in [1.29, 1.82) is 0 Å². The lowest BCUT2D eigenvalue weighted by Crippen LogP contribution is -2.32. The average Bonchev–Trinajstić information content (AvgIpc) is 2.96. The summed E-state index contributed by atoms with van der Waals surface area (Å²) in [4.78, 5) is 16.5. The summed E-state index contributed by atoms with van der Waals surface area (Å²) >= 11 is 6.16. The van der Waals surface area contributed by atoms with Crippen LogP contribution in [0, 0.1) is 18.8 Å². The molecule has 0 saturated heterocycles. The molecule has 0 fully saturated rings. The van der Waals surface area contributed by atoms with Crippen molar-refractivity contribution in [3.05, 3.63) is 34.7 Å². The van der Waals surface area contributed by atoms with Crippen LogP contribution in [0.1, 0.15) is 51.6 Å². The number of rotatable bonds is 6. The molecular formula is C18H24ClN3O2. The van der Waals surface area contributed by atoms with Crippen LogP contribution in [0.5, 0.6) is 0 Å². The van der Waals surface area contributed by atoms with Gasteiger partial charge in [-0.3, -0.25) is 4.79 Å². The monoisotopic (exact) mass is 349 g/mol. The van der Waals surface area contributed by atoms with Gasteiger partial charge >= 0.3 is 0 Å². The molecule has 1 aromatic carbocycles. The van der Waals surface area contributed by atoms with Gasteiger partial charge in [-0.1, -0.05) is 56.6 Å². The highest BCUT2D eigenvalue weighted by Gasteiger charge is 2.25. The average molecular weight is 350 g/mol. The minimum absolute atomic E-state index is 0.0122. The molecule has 1 heterocycles. The first-order valence-electron chi connectivity index (χ1n) is 8.17. The van der Waals surface area contributed by atoms with E-state index in [0.717, 1.165) is 11.1 Å². The first-order chi connectivity index (χ1) is 11.3. The molecule has 6 heteroatoms. The van der Waals surface area contributed by atoms with Gasteiger partial charge in [0.15, 0.2) is 0 Å². The maximum absolute atomic E-state index is 12.1. The molecule has 24 heavy (non-hydrogen) atoms. The molecule has 2 rings (SSSR count). The van der Waals surface area contributed by atoms with Crippen molar-refractivity contribution in [2.24, 2.45) is 11.8 Å². The van der Waals surface area contributed by atoms with Crippen LogP contribution in [-0.2, 0) is 4.79 Å². The topological polar surface area (TPSA) is 68.0 Å². The predicted molar refractivity (Wildman–Crippen MR) is 94.7 cm³/mol. The van der Waals surface area contributed by atoms with Gasteiger partial charge in [0.1, 0.15) is 6.04 Å². The fraction of sp³-hybridized carbons (Fsp3) is 0.500. The zero-order valence-corrected chi connectivity index (χ0v) is 15.5. The van der Waals surface area contributed by atoms with Gasteiger partial charge in [-0.15, -0.1) is 0 Å². The molecule has 130 valence electrons. The van der Waals surface area contributed by atoms with Crippen molar-refractivity contribution in [3.63, 3.8) is 0 Å². The van der Waals surface area contributed by atoms with E-state index in [1.807, 2.05) is 52.8 Å². The number of nitrogens with one attached hydrogen (secondary N) is 1. The molecule has 1 N–H and O–H groups in total. The molecule has 0 radical (unpaired) electrons. The Morgan fingerprint density at radius 1 is 1.29 bits per heavy atom. The van der Waals surface area contributed by atoms with E-state index in [1.54, 1.807) is 0 Å². The Morgan fingerprint density at radius 3 is 2.58 bits per heavy atom. The summed E-state index contributed by atoms with van der Waals surface area (Å²) in [5.74, 6) is 1.30. The minimum atomic E-state index is -0.307. The number of carbonyl (C=O) groups excluding carboxylic acids is 1. The van der Waals surface area contributed by atoms with Gasteiger partial charge in [0.2, 0.25) is 17.6 Å². The van der Waals surface area contributed by atoms with E-state index in [1.165, 1.54) is 0 Å². The molecule has 1 unspecified atom stereocenters. The summed E-state index contributed by atoms with van der Waals surface area (Å²) < 4.78 is 5.40. The lowest BCUT2D eigenvalue weighted by molar-refractivity contribution is -0.123. The van der Waals surface area contributed by atoms with E-state index >= 15 is 0 Å². The van der Waals surface area contributed by atoms with Crippen LogP contribution in [0.25, 0.3) is 11.4 Å². The number of amides is 1. The quantitative estimate of drug-likeness (QED) is 0.830. The maximum Gasteiger partial charge on any atom is 0.249 e. The first-order valence-corrected chi connectivity index (χ1v) is 8.55. The molecular weight excluding hydrogens is 326 g/mol. The molecule has 1 amide bonds. The third-order valence-corrected chi connectivity index (χ3v) is 4.12. The predicted octanol–water partition coefficient (Wildman–Crippen LogP) is 4.56. The summed E-state index contributed by atoms with van der Waals surface area (Å²) in [5.41, 5.74) is 1.78. The van der Waals surface area contributed by atoms with E-state index in [4.69, 9.17) is 16.1 Å². The highest BCUT2D eigenvalue weighted by molar-refractivity contribution is 6.31. The van der Waals surface area contributed by atoms with Crippen molar-refractivity contribution in [2.75, 3.05) is 0 Å². The van der Waals surface area contributed by atoms with Crippen LogP contribution in [0.3, 0.4) is 0 Å². The number of nitrogens with zero attached hydrogens (tertiary/aromatic N) is 2. The van der Waals surface area contributed by atoms with Crippen molar-refractivity contribution in [1.82, 2.24) is 15.5 Å². The van der Waals surface area contributed by atoms with Gasteiger partial charge in [-0.2, -0.15) is 4.98 Å². The Hall–Kier alpha value is -1.88. The van der Waals surface area contributed by atoms with Gasteiger partial charge < -0.3 is 9.84 Å². The second-order valence-corrected chi connectivity index (χ2v) is 7.21. The van der Waals surface area contributed by atoms with Crippen molar-refractivity contribution in [3.8, 4) is 11.4 Å². The fourth-order valence-corrected chi connectivity index (χ4v) is 2.51. The molecule has 1 atom stereocenters. The number of halogens is 1. The lowest BCUT2D eigenvalue weighted by atomic mass is 10.0. The molecule has 0 aliphatic heterocycles. The van der Waals surface area contributed by atoms with E-state index in [9.17, 15) is 4.79 Å². The highest BCUT2D eigenvalue weighted by Crippen LogP contribution is 2.26. The van der Waals surface area contributed by atoms with Crippen LogP contribution in [0.15, 0.2) is 22.7 Å². The summed E-state index contributed by atoms with van der Waals surface area (Å²) in [6, 6.07) is 5.32. The second-order valence-electron chi connectivity index (χ2n) is 6.81. The third-order valence-electron chi connectivity index (χ3n) is 3.71. The fourth-order valence-electron chi connectivity index (χ4n) is 2.33. The number of aromatic nitrogens is 2. The molecule has 2 aromatic rings. The Bertz CT molecular complexity index is 710. The summed E-state index contributed by atoms with van der Waals surface area (Å²) in [6.45, 7) is 9.97. The number of carbonyl (C=O) groups is 1. The smallest absolute Gasteiger partial charge is 0.249 e. The zero-order chi connectivity index (χ0) is 17.9. The molecule has 5 nitrogen and oxygen atoms in total. The van der Waals surface area contributed by atoms with Crippen LogP contribution in [-0.4, -0.2) is 16.0 Å². The number of benzene rings is 1. The van der Waals surface area contributed by atoms with Gasteiger partial charge in [-0.25, -0.2) is 0 Å². The van der Waals surface area contributed by atoms with E-state index in [-0.39, 0.29) is 17.9 Å². The molecule has 0 bridgehead atoms. The molecule has 1 aromatic heterocycles. The molecule has 0 saturated carbocycles. The first kappa shape index (κ1) is 18.5. The Labute approximate surface area is 147 Å². The van der Waals surface area contributed by atoms with E-state index in [2.05, 4.69) is 15.5 Å². The van der Waals surface area contributed by atoms with Gasteiger partial charge in [0, 0.05) is 17.0 Å². The number of aryl methyl sites for hydroxylation is 1. The number of hydrogen-bond donors (Lipinski definition) is 1. The number of hydrogen-bond acceptors (Lipinski definition) is 4. The van der Waals surface area contributed by atoms with E-state index in [0.29, 0.717) is 29.1 Å². The van der Waals surface area contributed by atoms with Gasteiger partial charge in [0.05, 0.1) is 0 Å². The molecule has 0 aliphatic rings. The van der Waals surface area contributed by atoms with Crippen LogP contribution in [0.2, 0.25) is 5.02 Å². The summed E-state index contributed by atoms with van der Waals surface area (Å²) in [6.07, 6.45) is 0.470. The van der Waals surface area contributed by atoms with Gasteiger partial charge in [0.25, 0.3) is 0 Å². The minimum Gasteiger partial charge on any atom is -0.344 e. The van der Waals surface area contributed by atoms with Crippen LogP contribution >= 0.6 is 11.6 Å². The Kier molecular flexibility index (Phi) is 5.99. The molecule has 0 aliphatic carbocycles. The van der Waals surface area contributed by atoms with E-state index < -0.39 is 0 Å². The van der Waals surface area contributed by atoms with Crippen molar-refractivity contribution >= 4 is 17.5 Å². The van der Waals surface area contributed by atoms with Crippen molar-refractivity contribution < 1.29 is 9.32 Å². The summed E-state index contributed by atoms with van der Waals surface area (Å²) in [7, 11) is 0. The maximum atomic E-state index is 12.1. The third kappa shape index (κ3) is 4.57. The zero-order valence-electron chi connectivity index (χ0n) is 14.8. The SMILES string of the molecule is Cc1ccc(-c2noc(C(NC(=O)CC(C)C)C(C)C)n2)cc1Cl. The summed E-state index contributed by atoms with van der Waals surface area (Å²) in [5, 5.41) is 7.68. The second kappa shape index (κ2) is 7.79. The normalized spacial score (nSPS) is 12.7. The Balaban J connectivity index is 2.22. The van der Waals surface area contributed by atoms with Crippen molar-refractivity contribution in [2.45, 2.75) is 47.1 Å². The lowest BCUT2D eigenvalue weighted by Gasteiger charge is -2.19. The largest absolute Gasteiger partial charge is 0.344 e. The highest BCUT2D eigenvalue weighted by atomic mass is 35.5.